The number of nitrogens with one attached hydrogen (secondary N) is 1. The topological polar surface area (TPSA) is 12.0 Å². The lowest BCUT2D eigenvalue weighted by molar-refractivity contribution is 0.512. The Morgan fingerprint density at radius 1 is 1.26 bits per heavy atom. The van der Waals surface area contributed by atoms with Crippen molar-refractivity contribution in [1.82, 2.24) is 5.32 Å². The van der Waals surface area contributed by atoms with Gasteiger partial charge >= 0.3 is 0 Å². The lowest BCUT2D eigenvalue weighted by Gasteiger charge is -2.19. The first-order chi connectivity index (χ1) is 9.11. The predicted octanol–water partition coefficient (Wildman–Crippen LogP) is 5.09. The molecule has 0 fully saturated rings. The van der Waals surface area contributed by atoms with Crippen LogP contribution in [0.4, 0.5) is 4.39 Å². The molecule has 1 N–H and O–H groups in total. The fourth-order valence-corrected chi connectivity index (χ4v) is 3.46. The van der Waals surface area contributed by atoms with Crippen molar-refractivity contribution in [3.8, 4) is 0 Å². The molecule has 1 nitrogen and oxygen atoms in total. The highest BCUT2D eigenvalue weighted by Gasteiger charge is 2.19. The zero-order chi connectivity index (χ0) is 13.8. The van der Waals surface area contributed by atoms with Crippen LogP contribution in [0.1, 0.15) is 23.4 Å². The van der Waals surface area contributed by atoms with Crippen LogP contribution >= 0.6 is 34.5 Å². The van der Waals surface area contributed by atoms with Crippen molar-refractivity contribution in [3.63, 3.8) is 0 Å². The molecule has 0 radical (unpaired) electrons. The minimum Gasteiger partial charge on any atom is -0.310 e. The summed E-state index contributed by atoms with van der Waals surface area (Å²) in [6, 6.07) is 8.44. The summed E-state index contributed by atoms with van der Waals surface area (Å²) in [7, 11) is 0. The zero-order valence-corrected chi connectivity index (χ0v) is 12.7. The lowest BCUT2D eigenvalue weighted by atomic mass is 10.0. The summed E-state index contributed by atoms with van der Waals surface area (Å²) in [4.78, 5) is 1.11. The molecule has 2 aromatic rings. The van der Waals surface area contributed by atoms with Gasteiger partial charge in [-0.2, -0.15) is 0 Å². The van der Waals surface area contributed by atoms with E-state index in [9.17, 15) is 4.39 Å². The van der Waals surface area contributed by atoms with Crippen LogP contribution in [0.5, 0.6) is 0 Å². The van der Waals surface area contributed by atoms with Gasteiger partial charge in [0.1, 0.15) is 5.82 Å². The molecule has 1 atom stereocenters. The third kappa shape index (κ3) is 3.69. The monoisotopic (exact) mass is 317 g/mol. The second-order valence-corrected chi connectivity index (χ2v) is 6.36. The van der Waals surface area contributed by atoms with Crippen LogP contribution in [0.15, 0.2) is 30.3 Å². The molecule has 0 spiro atoms. The fraction of sp³-hybridized carbons (Fsp3) is 0.286. The molecule has 0 aliphatic heterocycles. The van der Waals surface area contributed by atoms with Crippen LogP contribution in [-0.4, -0.2) is 6.54 Å². The maximum Gasteiger partial charge on any atom is 0.129 e. The van der Waals surface area contributed by atoms with Crippen molar-refractivity contribution in [2.24, 2.45) is 0 Å². The highest BCUT2D eigenvalue weighted by atomic mass is 35.5. The molecule has 2 rings (SSSR count). The summed E-state index contributed by atoms with van der Waals surface area (Å²) < 4.78 is 14.7. The summed E-state index contributed by atoms with van der Waals surface area (Å²) in [6.45, 7) is 2.73. The summed E-state index contributed by atoms with van der Waals surface area (Å²) in [5.74, 6) is -0.277. The van der Waals surface area contributed by atoms with Crippen molar-refractivity contribution in [2.75, 3.05) is 6.54 Å². The first-order valence-electron chi connectivity index (χ1n) is 6.03. The number of hydrogen-bond donors (Lipinski definition) is 1. The summed E-state index contributed by atoms with van der Waals surface area (Å²) in [6.07, 6.45) is 0.673. The Balaban J connectivity index is 2.29. The van der Waals surface area contributed by atoms with Crippen molar-refractivity contribution >= 4 is 34.5 Å². The average molecular weight is 318 g/mol. The van der Waals surface area contributed by atoms with Gasteiger partial charge in [0.2, 0.25) is 0 Å². The van der Waals surface area contributed by atoms with Gasteiger partial charge in [0.15, 0.2) is 0 Å². The number of rotatable bonds is 5. The Morgan fingerprint density at radius 3 is 2.63 bits per heavy atom. The molecule has 0 saturated heterocycles. The van der Waals surface area contributed by atoms with Gasteiger partial charge in [0.25, 0.3) is 0 Å². The van der Waals surface area contributed by atoms with Gasteiger partial charge < -0.3 is 5.32 Å². The maximum atomic E-state index is 14.0. The van der Waals surface area contributed by atoms with Crippen LogP contribution in [0.3, 0.4) is 0 Å². The van der Waals surface area contributed by atoms with Crippen molar-refractivity contribution < 1.29 is 4.39 Å². The average Bonchev–Trinajstić information content (AvgIpc) is 2.75. The molecule has 0 amide bonds. The minimum atomic E-state index is -0.277. The molecule has 0 bridgehead atoms. The molecule has 0 aliphatic carbocycles. The molecule has 0 aliphatic rings. The van der Waals surface area contributed by atoms with Gasteiger partial charge in [-0.25, -0.2) is 4.39 Å². The maximum absolute atomic E-state index is 14.0. The molecule has 0 saturated carbocycles. The summed E-state index contributed by atoms with van der Waals surface area (Å²) in [5.41, 5.74) is 0.524. The number of benzene rings is 1. The number of likely N-dealkylation sites (N-methyl/N-ethyl adjacent to an activating group) is 1. The van der Waals surface area contributed by atoms with E-state index in [0.717, 1.165) is 15.8 Å². The van der Waals surface area contributed by atoms with E-state index in [1.54, 1.807) is 12.1 Å². The Bertz CT molecular complexity index is 536. The van der Waals surface area contributed by atoms with E-state index in [0.29, 0.717) is 17.0 Å². The van der Waals surface area contributed by atoms with E-state index in [4.69, 9.17) is 23.2 Å². The van der Waals surface area contributed by atoms with Crippen LogP contribution < -0.4 is 5.32 Å². The van der Waals surface area contributed by atoms with Gasteiger partial charge in [-0.15, -0.1) is 11.3 Å². The van der Waals surface area contributed by atoms with Gasteiger partial charge in [0.05, 0.1) is 4.34 Å². The van der Waals surface area contributed by atoms with Gasteiger partial charge in [-0.05, 0) is 30.8 Å². The van der Waals surface area contributed by atoms with Crippen LogP contribution in [0.2, 0.25) is 9.36 Å². The van der Waals surface area contributed by atoms with Crippen molar-refractivity contribution in [3.05, 3.63) is 55.9 Å². The van der Waals surface area contributed by atoms with E-state index in [2.05, 4.69) is 5.32 Å². The van der Waals surface area contributed by atoms with Crippen molar-refractivity contribution in [2.45, 2.75) is 19.4 Å². The molecule has 1 unspecified atom stereocenters. The normalized spacial score (nSPS) is 12.6. The Labute approximate surface area is 126 Å². The third-order valence-electron chi connectivity index (χ3n) is 2.83. The van der Waals surface area contributed by atoms with E-state index >= 15 is 0 Å². The van der Waals surface area contributed by atoms with E-state index < -0.39 is 0 Å². The van der Waals surface area contributed by atoms with Gasteiger partial charge in [-0.3, -0.25) is 0 Å². The molecule has 19 heavy (non-hydrogen) atoms. The second-order valence-electron chi connectivity index (χ2n) is 4.16. The quantitative estimate of drug-likeness (QED) is 0.810. The SMILES string of the molecule is CCNC(Cc1ccc(Cl)s1)c1c(F)cccc1Cl. The zero-order valence-electron chi connectivity index (χ0n) is 10.4. The summed E-state index contributed by atoms with van der Waals surface area (Å²) in [5, 5.41) is 3.73. The highest BCUT2D eigenvalue weighted by molar-refractivity contribution is 7.16. The van der Waals surface area contributed by atoms with E-state index in [-0.39, 0.29) is 11.9 Å². The molecule has 102 valence electrons. The van der Waals surface area contributed by atoms with Crippen LogP contribution in [0, 0.1) is 5.82 Å². The molecule has 5 heteroatoms. The lowest BCUT2D eigenvalue weighted by Crippen LogP contribution is -2.24. The highest BCUT2D eigenvalue weighted by Crippen LogP contribution is 2.31. The first kappa shape index (κ1) is 14.8. The standard InChI is InChI=1S/C14H14Cl2FNS/c1-2-18-12(8-9-6-7-13(16)19-9)14-10(15)4-3-5-11(14)17/h3-7,12,18H,2,8H2,1H3. The Morgan fingerprint density at radius 2 is 2.05 bits per heavy atom. The van der Waals surface area contributed by atoms with Crippen molar-refractivity contribution in [1.29, 1.82) is 0 Å². The molecular formula is C14H14Cl2FNS. The minimum absolute atomic E-state index is 0.145. The van der Waals surface area contributed by atoms with Gasteiger partial charge in [0, 0.05) is 27.9 Å². The molecule has 1 aromatic carbocycles. The number of hydrogen-bond acceptors (Lipinski definition) is 2. The van der Waals surface area contributed by atoms with E-state index in [1.165, 1.54) is 17.4 Å². The molecule has 1 heterocycles. The van der Waals surface area contributed by atoms with Crippen LogP contribution in [-0.2, 0) is 6.42 Å². The van der Waals surface area contributed by atoms with Crippen LogP contribution in [0.25, 0.3) is 0 Å². The van der Waals surface area contributed by atoms with Gasteiger partial charge in [-0.1, -0.05) is 36.2 Å². The third-order valence-corrected chi connectivity index (χ3v) is 4.42. The summed E-state index contributed by atoms with van der Waals surface area (Å²) >= 11 is 13.6. The Hall–Kier alpha value is -0.610. The fourth-order valence-electron chi connectivity index (χ4n) is 2.03. The predicted molar refractivity (Wildman–Crippen MR) is 80.9 cm³/mol. The second kappa shape index (κ2) is 6.71. The Kier molecular flexibility index (Phi) is 5.22. The first-order valence-corrected chi connectivity index (χ1v) is 7.60. The smallest absolute Gasteiger partial charge is 0.129 e. The number of halogens is 3. The van der Waals surface area contributed by atoms with E-state index in [1.807, 2.05) is 19.1 Å². The number of thiophene rings is 1. The molecule has 1 aromatic heterocycles. The largest absolute Gasteiger partial charge is 0.310 e. The molecular weight excluding hydrogens is 304 g/mol.